The van der Waals surface area contributed by atoms with Gasteiger partial charge in [0.15, 0.2) is 0 Å². The number of fused-ring (bicyclic) bond motifs is 1. The first-order valence-electron chi connectivity index (χ1n) is 7.22. The number of hydrogen-bond acceptors (Lipinski definition) is 1. The van der Waals surface area contributed by atoms with Crippen LogP contribution in [0, 0.1) is 5.82 Å². The summed E-state index contributed by atoms with van der Waals surface area (Å²) in [5.74, 6) is -0.500. The van der Waals surface area contributed by atoms with Crippen LogP contribution in [0.15, 0.2) is 48.7 Å². The molecule has 23 heavy (non-hydrogen) atoms. The van der Waals surface area contributed by atoms with Gasteiger partial charge in [-0.2, -0.15) is 0 Å². The Balaban J connectivity index is 1.96. The van der Waals surface area contributed by atoms with Gasteiger partial charge in [-0.1, -0.05) is 23.7 Å². The first-order valence-corrected chi connectivity index (χ1v) is 7.60. The maximum Gasteiger partial charge on any atom is 0.234 e. The van der Waals surface area contributed by atoms with E-state index in [0.717, 1.165) is 10.9 Å². The van der Waals surface area contributed by atoms with Gasteiger partial charge in [-0.3, -0.25) is 4.79 Å². The van der Waals surface area contributed by atoms with Crippen LogP contribution in [0.2, 0.25) is 5.02 Å². The van der Waals surface area contributed by atoms with Gasteiger partial charge in [0, 0.05) is 17.1 Å². The summed E-state index contributed by atoms with van der Waals surface area (Å²) in [5, 5.41) is 4.16. The summed E-state index contributed by atoms with van der Waals surface area (Å²) in [7, 11) is 0. The summed E-state index contributed by atoms with van der Waals surface area (Å²) in [6.45, 7) is 3.65. The predicted molar refractivity (Wildman–Crippen MR) is 91.4 cm³/mol. The Hall–Kier alpha value is -2.33. The van der Waals surface area contributed by atoms with Gasteiger partial charge in [-0.05, 0) is 49.7 Å². The number of halogens is 2. The molecule has 0 saturated heterocycles. The van der Waals surface area contributed by atoms with Crippen molar-refractivity contribution < 1.29 is 9.18 Å². The Morgan fingerprint density at radius 2 is 1.96 bits per heavy atom. The molecule has 0 spiro atoms. The lowest BCUT2D eigenvalue weighted by atomic mass is 9.83. The third-order valence-electron chi connectivity index (χ3n) is 4.01. The fraction of sp³-hybridized carbons (Fsp3) is 0.167. The van der Waals surface area contributed by atoms with Crippen molar-refractivity contribution >= 4 is 34.1 Å². The summed E-state index contributed by atoms with van der Waals surface area (Å²) in [6, 6.07) is 11.6. The zero-order chi connectivity index (χ0) is 16.6. The number of carbonyl (C=O) groups excluding carboxylic acids is 1. The zero-order valence-electron chi connectivity index (χ0n) is 12.8. The first kappa shape index (κ1) is 15.6. The molecule has 0 aliphatic rings. The lowest BCUT2D eigenvalue weighted by molar-refractivity contribution is -0.120. The number of rotatable bonds is 3. The number of hydrogen-bond donors (Lipinski definition) is 2. The van der Waals surface area contributed by atoms with Crippen LogP contribution in [-0.4, -0.2) is 10.9 Å². The second kappa shape index (κ2) is 5.70. The molecule has 0 aliphatic heterocycles. The number of benzene rings is 2. The second-order valence-corrected chi connectivity index (χ2v) is 6.36. The van der Waals surface area contributed by atoms with E-state index in [2.05, 4.69) is 10.3 Å². The Labute approximate surface area is 138 Å². The lowest BCUT2D eigenvalue weighted by Gasteiger charge is -2.23. The zero-order valence-corrected chi connectivity index (χ0v) is 13.5. The molecule has 3 aromatic rings. The molecule has 2 aromatic carbocycles. The summed E-state index contributed by atoms with van der Waals surface area (Å²) in [5.41, 5.74) is 1.23. The molecule has 2 N–H and O–H groups in total. The molecule has 0 saturated carbocycles. The number of carbonyl (C=O) groups is 1. The van der Waals surface area contributed by atoms with Crippen LogP contribution in [-0.2, 0) is 10.2 Å². The Morgan fingerprint density at radius 3 is 2.70 bits per heavy atom. The van der Waals surface area contributed by atoms with E-state index < -0.39 is 5.41 Å². The highest BCUT2D eigenvalue weighted by Crippen LogP contribution is 2.32. The molecule has 5 heteroatoms. The Kier molecular flexibility index (Phi) is 3.86. The van der Waals surface area contributed by atoms with Gasteiger partial charge < -0.3 is 10.3 Å². The van der Waals surface area contributed by atoms with Gasteiger partial charge in [0.25, 0.3) is 0 Å². The molecule has 1 amide bonds. The van der Waals surface area contributed by atoms with Gasteiger partial charge in [0.2, 0.25) is 5.91 Å². The van der Waals surface area contributed by atoms with Crippen LogP contribution >= 0.6 is 11.6 Å². The molecule has 1 aromatic heterocycles. The van der Waals surface area contributed by atoms with E-state index in [0.29, 0.717) is 16.2 Å². The minimum absolute atomic E-state index is 0.184. The smallest absolute Gasteiger partial charge is 0.234 e. The minimum atomic E-state index is -0.810. The third-order valence-corrected chi connectivity index (χ3v) is 4.34. The number of amides is 1. The van der Waals surface area contributed by atoms with Crippen molar-refractivity contribution in [2.24, 2.45) is 0 Å². The number of para-hydroxylation sites is 1. The van der Waals surface area contributed by atoms with Crippen molar-refractivity contribution in [1.82, 2.24) is 4.98 Å². The number of anilines is 1. The second-order valence-electron chi connectivity index (χ2n) is 5.95. The van der Waals surface area contributed by atoms with Crippen LogP contribution in [0.5, 0.6) is 0 Å². The maximum atomic E-state index is 13.3. The highest BCUT2D eigenvalue weighted by Gasteiger charge is 2.32. The van der Waals surface area contributed by atoms with Gasteiger partial charge in [0.1, 0.15) is 5.82 Å². The van der Waals surface area contributed by atoms with Crippen molar-refractivity contribution in [3.05, 3.63) is 65.1 Å². The van der Waals surface area contributed by atoms with Crippen molar-refractivity contribution in [2.75, 3.05) is 5.32 Å². The molecular weight excluding hydrogens is 315 g/mol. The SMILES string of the molecule is CC(C)(C(=O)Nc1ccccc1Cl)c1c[nH]c2cc(F)ccc12. The topological polar surface area (TPSA) is 44.9 Å². The van der Waals surface area contributed by atoms with Crippen LogP contribution in [0.25, 0.3) is 10.9 Å². The largest absolute Gasteiger partial charge is 0.361 e. The summed E-state index contributed by atoms with van der Waals surface area (Å²) in [6.07, 6.45) is 1.75. The molecule has 3 nitrogen and oxygen atoms in total. The van der Waals surface area contributed by atoms with E-state index in [9.17, 15) is 9.18 Å². The fourth-order valence-electron chi connectivity index (χ4n) is 2.58. The minimum Gasteiger partial charge on any atom is -0.361 e. The van der Waals surface area contributed by atoms with E-state index in [1.807, 2.05) is 19.9 Å². The molecular formula is C18H16ClFN2O. The summed E-state index contributed by atoms with van der Waals surface area (Å²) >= 11 is 6.09. The van der Waals surface area contributed by atoms with Crippen LogP contribution in [0.4, 0.5) is 10.1 Å². The fourth-order valence-corrected chi connectivity index (χ4v) is 2.76. The molecule has 0 atom stereocenters. The average molecular weight is 331 g/mol. The molecule has 0 aliphatic carbocycles. The molecule has 0 radical (unpaired) electrons. The van der Waals surface area contributed by atoms with Crippen LogP contribution in [0.3, 0.4) is 0 Å². The number of nitrogens with one attached hydrogen (secondary N) is 2. The van der Waals surface area contributed by atoms with Gasteiger partial charge in [0.05, 0.1) is 16.1 Å². The van der Waals surface area contributed by atoms with Gasteiger partial charge >= 0.3 is 0 Å². The molecule has 0 fully saturated rings. The Morgan fingerprint density at radius 1 is 1.22 bits per heavy atom. The molecule has 3 rings (SSSR count). The standard InChI is InChI=1S/C18H16ClFN2O/c1-18(2,17(23)22-15-6-4-3-5-14(15)19)13-10-21-16-9-11(20)7-8-12(13)16/h3-10,21H,1-2H3,(H,22,23). The lowest BCUT2D eigenvalue weighted by Crippen LogP contribution is -2.34. The van der Waals surface area contributed by atoms with Gasteiger partial charge in [-0.15, -0.1) is 0 Å². The first-order chi connectivity index (χ1) is 10.9. The van der Waals surface area contributed by atoms with Crippen LogP contribution < -0.4 is 5.32 Å². The van der Waals surface area contributed by atoms with Crippen molar-refractivity contribution in [3.8, 4) is 0 Å². The van der Waals surface area contributed by atoms with Crippen LogP contribution in [0.1, 0.15) is 19.4 Å². The molecule has 118 valence electrons. The molecule has 0 unspecified atom stereocenters. The third kappa shape index (κ3) is 2.82. The maximum absolute atomic E-state index is 13.3. The van der Waals surface area contributed by atoms with E-state index in [4.69, 9.17) is 11.6 Å². The highest BCUT2D eigenvalue weighted by atomic mass is 35.5. The predicted octanol–water partition coefficient (Wildman–Crippen LogP) is 4.88. The highest BCUT2D eigenvalue weighted by molar-refractivity contribution is 6.33. The van der Waals surface area contributed by atoms with Gasteiger partial charge in [-0.25, -0.2) is 4.39 Å². The molecule has 0 bridgehead atoms. The number of aromatic nitrogens is 1. The van der Waals surface area contributed by atoms with E-state index in [-0.39, 0.29) is 11.7 Å². The average Bonchev–Trinajstić information content (AvgIpc) is 2.93. The van der Waals surface area contributed by atoms with E-state index >= 15 is 0 Å². The normalized spacial score (nSPS) is 11.7. The summed E-state index contributed by atoms with van der Waals surface area (Å²) < 4.78 is 13.3. The molecule has 1 heterocycles. The monoisotopic (exact) mass is 330 g/mol. The van der Waals surface area contributed by atoms with Crippen molar-refractivity contribution in [3.63, 3.8) is 0 Å². The Bertz CT molecular complexity index is 886. The number of aromatic amines is 1. The number of H-pyrrole nitrogens is 1. The van der Waals surface area contributed by atoms with E-state index in [1.54, 1.807) is 30.5 Å². The quantitative estimate of drug-likeness (QED) is 0.706. The summed E-state index contributed by atoms with van der Waals surface area (Å²) in [4.78, 5) is 15.8. The van der Waals surface area contributed by atoms with E-state index in [1.165, 1.54) is 12.1 Å². The van der Waals surface area contributed by atoms with Crippen molar-refractivity contribution in [2.45, 2.75) is 19.3 Å². The van der Waals surface area contributed by atoms with Crippen molar-refractivity contribution in [1.29, 1.82) is 0 Å².